The third-order valence-electron chi connectivity index (χ3n) is 5.61. The van der Waals surface area contributed by atoms with Crippen molar-refractivity contribution >= 4 is 0 Å². The molecule has 2 atom stereocenters. The van der Waals surface area contributed by atoms with Crippen LogP contribution >= 0.6 is 0 Å². The summed E-state index contributed by atoms with van der Waals surface area (Å²) in [5.74, 6) is 0.684. The Morgan fingerprint density at radius 1 is 1.27 bits per heavy atom. The molecule has 1 saturated carbocycles. The summed E-state index contributed by atoms with van der Waals surface area (Å²) in [6.07, 6.45) is 9.40. The number of nitrogens with one attached hydrogen (secondary N) is 1. The van der Waals surface area contributed by atoms with Crippen molar-refractivity contribution in [2.75, 3.05) is 26.2 Å². The van der Waals surface area contributed by atoms with Crippen LogP contribution in [0.2, 0.25) is 0 Å². The van der Waals surface area contributed by atoms with E-state index in [9.17, 15) is 0 Å². The molecular formula is C17H28N4O. The van der Waals surface area contributed by atoms with Gasteiger partial charge in [0, 0.05) is 56.9 Å². The molecule has 0 aromatic carbocycles. The van der Waals surface area contributed by atoms with Gasteiger partial charge in [0.15, 0.2) is 0 Å². The SMILES string of the molecule is Cn1cc(CN2CCO[C@H]3CNC[C@H]32)c(C2CCCCC2)n1. The maximum absolute atomic E-state index is 5.90. The second kappa shape index (κ2) is 6.30. The van der Waals surface area contributed by atoms with E-state index in [0.717, 1.165) is 32.8 Å². The highest BCUT2D eigenvalue weighted by Crippen LogP contribution is 2.34. The topological polar surface area (TPSA) is 42.3 Å². The molecule has 1 aromatic heterocycles. The van der Waals surface area contributed by atoms with Crippen LogP contribution < -0.4 is 5.32 Å². The normalized spacial score (nSPS) is 30.6. The second-order valence-corrected chi connectivity index (χ2v) is 7.15. The van der Waals surface area contributed by atoms with Gasteiger partial charge in [-0.05, 0) is 12.8 Å². The molecule has 3 fully saturated rings. The van der Waals surface area contributed by atoms with Crippen LogP contribution in [0.1, 0.15) is 49.3 Å². The minimum atomic E-state index is 0.378. The molecule has 5 nitrogen and oxygen atoms in total. The first-order valence-corrected chi connectivity index (χ1v) is 8.90. The number of aromatic nitrogens is 2. The van der Waals surface area contributed by atoms with E-state index >= 15 is 0 Å². The number of hydrogen-bond acceptors (Lipinski definition) is 4. The largest absolute Gasteiger partial charge is 0.374 e. The fraction of sp³-hybridized carbons (Fsp3) is 0.824. The van der Waals surface area contributed by atoms with Gasteiger partial charge in [0.05, 0.1) is 18.4 Å². The van der Waals surface area contributed by atoms with Crippen LogP contribution in [-0.4, -0.2) is 53.1 Å². The summed E-state index contributed by atoms with van der Waals surface area (Å²) < 4.78 is 7.91. The van der Waals surface area contributed by atoms with Crippen molar-refractivity contribution in [1.82, 2.24) is 20.0 Å². The number of hydrogen-bond donors (Lipinski definition) is 1. The first kappa shape index (κ1) is 14.7. The van der Waals surface area contributed by atoms with E-state index in [0.29, 0.717) is 18.1 Å². The van der Waals surface area contributed by atoms with Crippen molar-refractivity contribution < 1.29 is 4.74 Å². The minimum Gasteiger partial charge on any atom is -0.374 e. The summed E-state index contributed by atoms with van der Waals surface area (Å²) in [5.41, 5.74) is 2.82. The zero-order valence-electron chi connectivity index (χ0n) is 13.6. The van der Waals surface area contributed by atoms with Gasteiger partial charge in [-0.1, -0.05) is 19.3 Å². The van der Waals surface area contributed by atoms with Crippen molar-refractivity contribution in [3.63, 3.8) is 0 Å². The molecule has 4 rings (SSSR count). The maximum Gasteiger partial charge on any atom is 0.0867 e. The predicted octanol–water partition coefficient (Wildman–Crippen LogP) is 1.64. The van der Waals surface area contributed by atoms with Crippen LogP contribution in [0.5, 0.6) is 0 Å². The van der Waals surface area contributed by atoms with E-state index in [4.69, 9.17) is 9.84 Å². The van der Waals surface area contributed by atoms with E-state index in [1.165, 1.54) is 43.4 Å². The Morgan fingerprint density at radius 2 is 2.14 bits per heavy atom. The number of fused-ring (bicyclic) bond motifs is 1. The van der Waals surface area contributed by atoms with Crippen LogP contribution in [0.4, 0.5) is 0 Å². The summed E-state index contributed by atoms with van der Waals surface area (Å²) in [4.78, 5) is 2.61. The zero-order valence-corrected chi connectivity index (χ0v) is 13.6. The molecule has 1 N–H and O–H groups in total. The van der Waals surface area contributed by atoms with Crippen LogP contribution in [-0.2, 0) is 18.3 Å². The first-order chi connectivity index (χ1) is 10.8. The van der Waals surface area contributed by atoms with E-state index in [1.807, 2.05) is 4.68 Å². The smallest absolute Gasteiger partial charge is 0.0867 e. The van der Waals surface area contributed by atoms with Crippen LogP contribution in [0.25, 0.3) is 0 Å². The van der Waals surface area contributed by atoms with Gasteiger partial charge in [-0.3, -0.25) is 9.58 Å². The predicted molar refractivity (Wildman–Crippen MR) is 85.8 cm³/mol. The third kappa shape index (κ3) is 2.82. The van der Waals surface area contributed by atoms with Crippen LogP contribution in [0, 0.1) is 0 Å². The molecule has 0 bridgehead atoms. The van der Waals surface area contributed by atoms with Gasteiger partial charge in [-0.2, -0.15) is 5.10 Å². The molecular weight excluding hydrogens is 276 g/mol. The monoisotopic (exact) mass is 304 g/mol. The van der Waals surface area contributed by atoms with E-state index in [2.05, 4.69) is 23.5 Å². The van der Waals surface area contributed by atoms with Crippen LogP contribution in [0.3, 0.4) is 0 Å². The molecule has 3 aliphatic rings. The molecule has 122 valence electrons. The lowest BCUT2D eigenvalue weighted by molar-refractivity contribution is -0.0501. The summed E-state index contributed by atoms with van der Waals surface area (Å²) in [6.45, 7) is 5.00. The Hall–Kier alpha value is -0.910. The molecule has 3 heterocycles. The molecule has 0 radical (unpaired) electrons. The molecule has 22 heavy (non-hydrogen) atoms. The maximum atomic E-state index is 5.90. The average Bonchev–Trinajstić information content (AvgIpc) is 3.15. The van der Waals surface area contributed by atoms with Gasteiger partial charge < -0.3 is 10.1 Å². The summed E-state index contributed by atoms with van der Waals surface area (Å²) >= 11 is 0. The Labute approximate surface area is 133 Å². The Kier molecular flexibility index (Phi) is 4.20. The van der Waals surface area contributed by atoms with Gasteiger partial charge in [-0.15, -0.1) is 0 Å². The van der Waals surface area contributed by atoms with Crippen molar-refractivity contribution in [3.8, 4) is 0 Å². The van der Waals surface area contributed by atoms with Gasteiger partial charge >= 0.3 is 0 Å². The molecule has 1 aliphatic carbocycles. The van der Waals surface area contributed by atoms with Gasteiger partial charge in [0.1, 0.15) is 0 Å². The summed E-state index contributed by atoms with van der Waals surface area (Å²) in [7, 11) is 2.06. The molecule has 0 spiro atoms. The highest BCUT2D eigenvalue weighted by Gasteiger charge is 2.36. The van der Waals surface area contributed by atoms with Gasteiger partial charge in [0.25, 0.3) is 0 Å². The number of nitrogens with zero attached hydrogens (tertiary/aromatic N) is 3. The lowest BCUT2D eigenvalue weighted by atomic mass is 9.85. The average molecular weight is 304 g/mol. The number of rotatable bonds is 3. The molecule has 0 amide bonds. The highest BCUT2D eigenvalue weighted by molar-refractivity contribution is 5.22. The fourth-order valence-electron chi connectivity index (χ4n) is 4.47. The Balaban J connectivity index is 1.52. The van der Waals surface area contributed by atoms with Crippen LogP contribution in [0.15, 0.2) is 6.20 Å². The molecule has 1 aromatic rings. The lowest BCUT2D eigenvalue weighted by Crippen LogP contribution is -2.50. The van der Waals surface area contributed by atoms with Gasteiger partial charge in [0.2, 0.25) is 0 Å². The number of morpholine rings is 1. The Morgan fingerprint density at radius 3 is 3.00 bits per heavy atom. The van der Waals surface area contributed by atoms with Crippen molar-refractivity contribution in [2.45, 2.75) is 56.7 Å². The van der Waals surface area contributed by atoms with E-state index in [1.54, 1.807) is 0 Å². The quantitative estimate of drug-likeness (QED) is 0.922. The minimum absolute atomic E-state index is 0.378. The van der Waals surface area contributed by atoms with Crippen molar-refractivity contribution in [3.05, 3.63) is 17.5 Å². The highest BCUT2D eigenvalue weighted by atomic mass is 16.5. The molecule has 2 saturated heterocycles. The number of aryl methyl sites for hydroxylation is 1. The third-order valence-corrected chi connectivity index (χ3v) is 5.61. The Bertz CT molecular complexity index is 509. The fourth-order valence-corrected chi connectivity index (χ4v) is 4.47. The lowest BCUT2D eigenvalue weighted by Gasteiger charge is -2.37. The first-order valence-electron chi connectivity index (χ1n) is 8.90. The zero-order chi connectivity index (χ0) is 14.9. The molecule has 5 heteroatoms. The summed E-state index contributed by atoms with van der Waals surface area (Å²) in [5, 5.41) is 8.30. The number of ether oxygens (including phenoxy) is 1. The van der Waals surface area contributed by atoms with Gasteiger partial charge in [-0.25, -0.2) is 0 Å². The van der Waals surface area contributed by atoms with E-state index < -0.39 is 0 Å². The standard InChI is InChI=1S/C17H28N4O/c1-20-11-14(17(19-20)13-5-3-2-4-6-13)12-21-7-8-22-16-10-18-9-15(16)21/h11,13,15-16,18H,2-10,12H2,1H3/t15-,16+/m1/s1. The molecule has 2 aliphatic heterocycles. The molecule has 0 unspecified atom stereocenters. The second-order valence-electron chi connectivity index (χ2n) is 7.15. The van der Waals surface area contributed by atoms with E-state index in [-0.39, 0.29) is 0 Å². The van der Waals surface area contributed by atoms with Crippen molar-refractivity contribution in [2.24, 2.45) is 7.05 Å². The van der Waals surface area contributed by atoms with Crippen molar-refractivity contribution in [1.29, 1.82) is 0 Å². The summed E-state index contributed by atoms with van der Waals surface area (Å²) in [6, 6.07) is 0.535.